The van der Waals surface area contributed by atoms with Crippen molar-refractivity contribution in [1.29, 1.82) is 0 Å². The average molecular weight is 171 g/mol. The molecule has 0 radical (unpaired) electrons. The quantitative estimate of drug-likeness (QED) is 0.627. The zero-order chi connectivity index (χ0) is 8.60. The Morgan fingerprint density at radius 1 is 1.33 bits per heavy atom. The van der Waals surface area contributed by atoms with Gasteiger partial charge in [-0.2, -0.15) is 0 Å². The van der Waals surface area contributed by atoms with Gasteiger partial charge < -0.3 is 15.6 Å². The zero-order valence-electron chi connectivity index (χ0n) is 7.33. The van der Waals surface area contributed by atoms with Crippen LogP contribution in [-0.2, 0) is 4.74 Å². The number of aliphatic hydroxyl groups is 1. The molecule has 0 spiro atoms. The van der Waals surface area contributed by atoms with E-state index in [-0.39, 0.29) is 6.04 Å². The van der Waals surface area contributed by atoms with Gasteiger partial charge in [-0.3, -0.25) is 0 Å². The van der Waals surface area contributed by atoms with Crippen molar-refractivity contribution >= 4 is 0 Å². The van der Waals surface area contributed by atoms with Crippen LogP contribution in [0.2, 0.25) is 0 Å². The predicted molar refractivity (Wildman–Crippen MR) is 45.7 cm³/mol. The molecule has 3 heteroatoms. The molecule has 3 nitrogen and oxygen atoms in total. The monoisotopic (exact) mass is 171 g/mol. The first-order chi connectivity index (χ1) is 5.72. The number of hydrogen-bond acceptors (Lipinski definition) is 3. The van der Waals surface area contributed by atoms with E-state index in [1.165, 1.54) is 25.7 Å². The van der Waals surface area contributed by atoms with Crippen LogP contribution < -0.4 is 5.73 Å². The van der Waals surface area contributed by atoms with Gasteiger partial charge in [0.1, 0.15) is 5.60 Å². The Morgan fingerprint density at radius 2 is 1.92 bits per heavy atom. The van der Waals surface area contributed by atoms with Crippen LogP contribution >= 0.6 is 0 Å². The number of ether oxygens (including phenoxy) is 1. The third-order valence-electron chi connectivity index (χ3n) is 3.23. The highest BCUT2D eigenvalue weighted by molar-refractivity contribution is 4.99. The first kappa shape index (κ1) is 8.48. The van der Waals surface area contributed by atoms with Gasteiger partial charge in [-0.1, -0.05) is 12.8 Å². The Kier molecular flexibility index (Phi) is 2.10. The van der Waals surface area contributed by atoms with Gasteiger partial charge in [0.2, 0.25) is 0 Å². The molecule has 1 aliphatic heterocycles. The summed E-state index contributed by atoms with van der Waals surface area (Å²) >= 11 is 0. The van der Waals surface area contributed by atoms with E-state index in [4.69, 9.17) is 10.5 Å². The first-order valence-corrected chi connectivity index (χ1v) is 4.78. The molecule has 1 saturated carbocycles. The molecule has 2 rings (SSSR count). The van der Waals surface area contributed by atoms with Gasteiger partial charge in [-0.25, -0.2) is 0 Å². The van der Waals surface area contributed by atoms with E-state index in [1.54, 1.807) is 0 Å². The first-order valence-electron chi connectivity index (χ1n) is 4.78. The Hall–Kier alpha value is -0.120. The van der Waals surface area contributed by atoms with Gasteiger partial charge in [0, 0.05) is 6.04 Å². The highest BCUT2D eigenvalue weighted by atomic mass is 16.5. The van der Waals surface area contributed by atoms with Crippen molar-refractivity contribution in [3.63, 3.8) is 0 Å². The predicted octanol–water partition coefficient (Wildman–Crippen LogP) is 0.265. The fourth-order valence-electron chi connectivity index (χ4n) is 2.26. The molecule has 0 bridgehead atoms. The van der Waals surface area contributed by atoms with E-state index in [9.17, 15) is 5.11 Å². The number of nitrogens with two attached hydrogens (primary N) is 1. The van der Waals surface area contributed by atoms with Crippen molar-refractivity contribution in [2.24, 2.45) is 11.7 Å². The lowest BCUT2D eigenvalue weighted by atomic mass is 9.83. The zero-order valence-corrected chi connectivity index (χ0v) is 7.33. The summed E-state index contributed by atoms with van der Waals surface area (Å²) in [5, 5.41) is 9.89. The van der Waals surface area contributed by atoms with E-state index < -0.39 is 5.60 Å². The van der Waals surface area contributed by atoms with Gasteiger partial charge in [-0.15, -0.1) is 0 Å². The smallest absolute Gasteiger partial charge is 0.126 e. The van der Waals surface area contributed by atoms with Crippen molar-refractivity contribution in [3.8, 4) is 0 Å². The summed E-state index contributed by atoms with van der Waals surface area (Å²) in [7, 11) is 0. The molecule has 12 heavy (non-hydrogen) atoms. The van der Waals surface area contributed by atoms with Crippen LogP contribution in [0.15, 0.2) is 0 Å². The van der Waals surface area contributed by atoms with E-state index in [1.807, 2.05) is 0 Å². The van der Waals surface area contributed by atoms with Crippen LogP contribution in [0.1, 0.15) is 25.7 Å². The maximum absolute atomic E-state index is 9.89. The normalized spacial score (nSPS) is 31.5. The Morgan fingerprint density at radius 3 is 2.33 bits per heavy atom. The lowest BCUT2D eigenvalue weighted by Crippen LogP contribution is -2.63. The second-order valence-corrected chi connectivity index (χ2v) is 4.17. The molecule has 70 valence electrons. The summed E-state index contributed by atoms with van der Waals surface area (Å²) in [5.74, 6) is 0.527. The third-order valence-corrected chi connectivity index (χ3v) is 3.23. The second-order valence-electron chi connectivity index (χ2n) is 4.17. The van der Waals surface area contributed by atoms with Crippen LogP contribution in [0, 0.1) is 5.92 Å². The average Bonchev–Trinajstić information content (AvgIpc) is 2.50. The topological polar surface area (TPSA) is 55.5 Å². The highest BCUT2D eigenvalue weighted by Gasteiger charge is 2.45. The summed E-state index contributed by atoms with van der Waals surface area (Å²) < 4.78 is 4.99. The summed E-state index contributed by atoms with van der Waals surface area (Å²) in [4.78, 5) is 0. The molecule has 1 unspecified atom stereocenters. The molecular weight excluding hydrogens is 154 g/mol. The van der Waals surface area contributed by atoms with Crippen molar-refractivity contribution < 1.29 is 9.84 Å². The fourth-order valence-corrected chi connectivity index (χ4v) is 2.26. The molecule has 0 amide bonds. The second kappa shape index (κ2) is 2.98. The molecule has 1 saturated heterocycles. The molecule has 0 aromatic heterocycles. The molecule has 1 heterocycles. The van der Waals surface area contributed by atoms with E-state index >= 15 is 0 Å². The minimum absolute atomic E-state index is 0.0613. The molecule has 1 aliphatic carbocycles. The van der Waals surface area contributed by atoms with Gasteiger partial charge >= 0.3 is 0 Å². The minimum atomic E-state index is -0.699. The largest absolute Gasteiger partial charge is 0.383 e. The molecule has 2 aliphatic rings. The molecule has 0 aromatic rings. The summed E-state index contributed by atoms with van der Waals surface area (Å²) in [6, 6.07) is -0.0613. The van der Waals surface area contributed by atoms with Crippen molar-refractivity contribution in [1.82, 2.24) is 0 Å². The highest BCUT2D eigenvalue weighted by Crippen LogP contribution is 2.33. The van der Waals surface area contributed by atoms with Crippen LogP contribution in [0.5, 0.6) is 0 Å². The maximum Gasteiger partial charge on any atom is 0.126 e. The molecule has 2 fully saturated rings. The molecule has 3 N–H and O–H groups in total. The van der Waals surface area contributed by atoms with Crippen LogP contribution in [0.4, 0.5) is 0 Å². The Balaban J connectivity index is 1.93. The van der Waals surface area contributed by atoms with E-state index in [2.05, 4.69) is 0 Å². The van der Waals surface area contributed by atoms with Gasteiger partial charge in [0.25, 0.3) is 0 Å². The fraction of sp³-hybridized carbons (Fsp3) is 1.00. The Labute approximate surface area is 72.9 Å². The van der Waals surface area contributed by atoms with Crippen LogP contribution in [0.25, 0.3) is 0 Å². The van der Waals surface area contributed by atoms with Crippen LogP contribution in [-0.4, -0.2) is 30.0 Å². The molecule has 1 atom stereocenters. The lowest BCUT2D eigenvalue weighted by molar-refractivity contribution is -0.196. The summed E-state index contributed by atoms with van der Waals surface area (Å²) in [6.07, 6.45) is 4.91. The summed E-state index contributed by atoms with van der Waals surface area (Å²) in [5.41, 5.74) is 5.29. The van der Waals surface area contributed by atoms with Gasteiger partial charge in [-0.05, 0) is 18.8 Å². The van der Waals surface area contributed by atoms with Crippen molar-refractivity contribution in [2.45, 2.75) is 37.3 Å². The molecule has 0 aromatic carbocycles. The molecular formula is C9H17NO2. The standard InChI is InChI=1S/C9H17NO2/c10-8(7-3-1-2-4-7)9(11)5-12-6-9/h7-8,11H,1-6,10H2. The summed E-state index contributed by atoms with van der Waals surface area (Å²) in [6.45, 7) is 0.870. The van der Waals surface area contributed by atoms with Crippen molar-refractivity contribution in [2.75, 3.05) is 13.2 Å². The number of hydrogen-bond donors (Lipinski definition) is 2. The number of rotatable bonds is 2. The maximum atomic E-state index is 9.89. The van der Waals surface area contributed by atoms with Crippen molar-refractivity contribution in [3.05, 3.63) is 0 Å². The third kappa shape index (κ3) is 1.26. The van der Waals surface area contributed by atoms with Gasteiger partial charge in [0.05, 0.1) is 13.2 Å². The lowest BCUT2D eigenvalue weighted by Gasteiger charge is -2.43. The van der Waals surface area contributed by atoms with Crippen LogP contribution in [0.3, 0.4) is 0 Å². The van der Waals surface area contributed by atoms with Gasteiger partial charge in [0.15, 0.2) is 0 Å². The SMILES string of the molecule is NC(C1CCCC1)C1(O)COC1. The minimum Gasteiger partial charge on any atom is -0.383 e. The van der Waals surface area contributed by atoms with E-state index in [0.717, 1.165) is 0 Å². The Bertz CT molecular complexity index is 162. The van der Waals surface area contributed by atoms with E-state index in [0.29, 0.717) is 19.1 Å².